The van der Waals surface area contributed by atoms with Crippen molar-refractivity contribution in [2.24, 2.45) is 0 Å². The van der Waals surface area contributed by atoms with Gasteiger partial charge in [0.05, 0.1) is 0 Å². The number of hydrogen-bond donors (Lipinski definition) is 0. The van der Waals surface area contributed by atoms with Crippen LogP contribution in [0.15, 0.2) is 182 Å². The summed E-state index contributed by atoms with van der Waals surface area (Å²) in [5, 5.41) is 10.5. The lowest BCUT2D eigenvalue weighted by Gasteiger charge is -2.13. The molecule has 0 aliphatic heterocycles. The summed E-state index contributed by atoms with van der Waals surface area (Å²) in [6, 6.07) is 66.9. The first-order valence-corrected chi connectivity index (χ1v) is 17.7. The van der Waals surface area contributed by atoms with Crippen LogP contribution in [0, 0.1) is 0 Å². The Labute approximate surface area is 289 Å². The van der Waals surface area contributed by atoms with Crippen LogP contribution in [-0.4, -0.2) is 0 Å². The molecule has 9 aromatic carbocycles. The Kier molecular flexibility index (Phi) is 6.47. The van der Waals surface area contributed by atoms with Crippen LogP contribution in [0.2, 0.25) is 0 Å². The average molecular weight is 639 g/mol. The van der Waals surface area contributed by atoms with Gasteiger partial charge in [0, 0.05) is 20.2 Å². The van der Waals surface area contributed by atoms with Crippen molar-refractivity contribution in [3.05, 3.63) is 182 Å². The SMILES string of the molecule is c1cc(-c2ccc(-c3cccc(-c4cccc5c4sc4ccccc45)c3)cc2)cc(-c2ccc3c4ccccc4c4ccccc4c3c2)c1. The maximum absolute atomic E-state index is 2.37. The van der Waals surface area contributed by atoms with Gasteiger partial charge in [0.25, 0.3) is 0 Å². The molecule has 0 amide bonds. The minimum absolute atomic E-state index is 1.22. The maximum Gasteiger partial charge on any atom is 0.0433 e. The third-order valence-electron chi connectivity index (χ3n) is 10.1. The van der Waals surface area contributed by atoms with Crippen LogP contribution in [0.5, 0.6) is 0 Å². The molecule has 1 heteroatoms. The zero-order valence-electron chi connectivity index (χ0n) is 26.7. The molecule has 0 N–H and O–H groups in total. The van der Waals surface area contributed by atoms with Crippen molar-refractivity contribution in [3.8, 4) is 44.5 Å². The number of rotatable bonds is 4. The Morgan fingerprint density at radius 1 is 0.245 bits per heavy atom. The Balaban J connectivity index is 0.995. The van der Waals surface area contributed by atoms with Crippen LogP contribution in [0.3, 0.4) is 0 Å². The highest BCUT2D eigenvalue weighted by molar-refractivity contribution is 7.26. The molecule has 0 unspecified atom stereocenters. The molecule has 10 rings (SSSR count). The van der Waals surface area contributed by atoms with Crippen LogP contribution in [0.1, 0.15) is 0 Å². The first-order chi connectivity index (χ1) is 24.3. The summed E-state index contributed by atoms with van der Waals surface area (Å²) < 4.78 is 2.69. The van der Waals surface area contributed by atoms with Crippen LogP contribution in [-0.2, 0) is 0 Å². The van der Waals surface area contributed by atoms with Crippen molar-refractivity contribution >= 4 is 63.8 Å². The van der Waals surface area contributed by atoms with Crippen LogP contribution >= 0.6 is 11.3 Å². The normalized spacial score (nSPS) is 11.7. The molecule has 0 nitrogen and oxygen atoms in total. The molecule has 0 saturated carbocycles. The molecule has 228 valence electrons. The lowest BCUT2D eigenvalue weighted by Crippen LogP contribution is -1.86. The van der Waals surface area contributed by atoms with Gasteiger partial charge in [-0.2, -0.15) is 0 Å². The Morgan fingerprint density at radius 3 is 1.33 bits per heavy atom. The van der Waals surface area contributed by atoms with E-state index in [-0.39, 0.29) is 0 Å². The molecule has 1 heterocycles. The fourth-order valence-corrected chi connectivity index (χ4v) is 8.90. The third-order valence-corrected chi connectivity index (χ3v) is 11.3. The first kappa shape index (κ1) is 28.0. The van der Waals surface area contributed by atoms with Gasteiger partial charge >= 0.3 is 0 Å². The standard InChI is InChI=1S/C48H30S/c1-2-16-41-39(14-1)40-15-3-4-17-42(40)46-30-36(26-27-43(41)46)35-12-7-10-33(28-35)31-22-24-32(25-23-31)34-11-8-13-37(29-34)38-19-9-20-45-44-18-5-6-21-47(44)49-48(38)45/h1-30H. The van der Waals surface area contributed by atoms with Crippen molar-refractivity contribution < 1.29 is 0 Å². The topological polar surface area (TPSA) is 0 Å². The lowest BCUT2D eigenvalue weighted by molar-refractivity contribution is 1.58. The second-order valence-corrected chi connectivity index (χ2v) is 13.9. The molecule has 0 saturated heterocycles. The Hall–Kier alpha value is -6.02. The molecular weight excluding hydrogens is 609 g/mol. The largest absolute Gasteiger partial charge is 0.135 e. The lowest BCUT2D eigenvalue weighted by atomic mass is 9.91. The number of fused-ring (bicyclic) bond motifs is 9. The average Bonchev–Trinajstić information content (AvgIpc) is 3.57. The minimum atomic E-state index is 1.22. The Bertz CT molecular complexity index is 2840. The van der Waals surface area contributed by atoms with Gasteiger partial charge < -0.3 is 0 Å². The molecular formula is C48H30S. The number of benzene rings is 9. The summed E-state index contributed by atoms with van der Waals surface area (Å²) in [6.07, 6.45) is 0. The zero-order chi connectivity index (χ0) is 32.3. The predicted octanol–water partition coefficient (Wildman–Crippen LogP) is 14.2. The van der Waals surface area contributed by atoms with Gasteiger partial charge in [-0.3, -0.25) is 0 Å². The number of hydrogen-bond acceptors (Lipinski definition) is 1. The van der Waals surface area contributed by atoms with Gasteiger partial charge in [0.1, 0.15) is 0 Å². The first-order valence-electron chi connectivity index (χ1n) is 16.8. The summed E-state index contributed by atoms with van der Waals surface area (Å²) >= 11 is 1.88. The van der Waals surface area contributed by atoms with Gasteiger partial charge in [0.2, 0.25) is 0 Å². The van der Waals surface area contributed by atoms with Gasteiger partial charge in [-0.15, -0.1) is 11.3 Å². The van der Waals surface area contributed by atoms with E-state index in [1.165, 1.54) is 97.0 Å². The van der Waals surface area contributed by atoms with Gasteiger partial charge in [-0.05, 0) is 101 Å². The highest BCUT2D eigenvalue weighted by Gasteiger charge is 2.12. The highest BCUT2D eigenvalue weighted by atomic mass is 32.1. The molecule has 0 radical (unpaired) electrons. The molecule has 10 aromatic rings. The molecule has 0 spiro atoms. The number of thiophene rings is 1. The van der Waals surface area contributed by atoms with Crippen molar-refractivity contribution in [2.45, 2.75) is 0 Å². The van der Waals surface area contributed by atoms with E-state index in [2.05, 4.69) is 182 Å². The van der Waals surface area contributed by atoms with Gasteiger partial charge in [-0.1, -0.05) is 158 Å². The molecule has 0 atom stereocenters. The van der Waals surface area contributed by atoms with E-state index >= 15 is 0 Å². The molecule has 1 aromatic heterocycles. The quantitative estimate of drug-likeness (QED) is 0.168. The monoisotopic (exact) mass is 638 g/mol. The van der Waals surface area contributed by atoms with Crippen LogP contribution < -0.4 is 0 Å². The van der Waals surface area contributed by atoms with Crippen molar-refractivity contribution in [2.75, 3.05) is 0 Å². The fraction of sp³-hybridized carbons (Fsp3) is 0. The molecule has 0 bridgehead atoms. The summed E-state index contributed by atoms with van der Waals surface area (Å²) in [7, 11) is 0. The van der Waals surface area contributed by atoms with E-state index < -0.39 is 0 Å². The van der Waals surface area contributed by atoms with Crippen molar-refractivity contribution in [3.63, 3.8) is 0 Å². The second kappa shape index (κ2) is 11.3. The van der Waals surface area contributed by atoms with Crippen LogP contribution in [0.4, 0.5) is 0 Å². The zero-order valence-corrected chi connectivity index (χ0v) is 27.5. The molecule has 0 aliphatic carbocycles. The van der Waals surface area contributed by atoms with E-state index in [9.17, 15) is 0 Å². The van der Waals surface area contributed by atoms with Gasteiger partial charge in [0.15, 0.2) is 0 Å². The summed E-state index contributed by atoms with van der Waals surface area (Å²) in [4.78, 5) is 0. The van der Waals surface area contributed by atoms with E-state index in [4.69, 9.17) is 0 Å². The van der Waals surface area contributed by atoms with Crippen LogP contribution in [0.25, 0.3) is 97.0 Å². The van der Waals surface area contributed by atoms with E-state index in [1.807, 2.05) is 11.3 Å². The van der Waals surface area contributed by atoms with E-state index in [0.29, 0.717) is 0 Å². The summed E-state index contributed by atoms with van der Waals surface area (Å²) in [5.41, 5.74) is 9.89. The summed E-state index contributed by atoms with van der Waals surface area (Å²) in [6.45, 7) is 0. The third kappa shape index (κ3) is 4.66. The smallest absolute Gasteiger partial charge is 0.0433 e. The van der Waals surface area contributed by atoms with E-state index in [0.717, 1.165) is 0 Å². The maximum atomic E-state index is 2.37. The van der Waals surface area contributed by atoms with Crippen molar-refractivity contribution in [1.82, 2.24) is 0 Å². The summed E-state index contributed by atoms with van der Waals surface area (Å²) in [5.74, 6) is 0. The van der Waals surface area contributed by atoms with Crippen molar-refractivity contribution in [1.29, 1.82) is 0 Å². The predicted molar refractivity (Wildman–Crippen MR) is 214 cm³/mol. The fourth-order valence-electron chi connectivity index (χ4n) is 7.66. The highest BCUT2D eigenvalue weighted by Crippen LogP contribution is 2.41. The molecule has 0 fully saturated rings. The Morgan fingerprint density at radius 2 is 0.673 bits per heavy atom. The van der Waals surface area contributed by atoms with E-state index in [1.54, 1.807) is 0 Å². The second-order valence-electron chi connectivity index (χ2n) is 12.9. The van der Waals surface area contributed by atoms with Gasteiger partial charge in [-0.25, -0.2) is 0 Å². The minimum Gasteiger partial charge on any atom is -0.135 e. The molecule has 49 heavy (non-hydrogen) atoms. The molecule has 0 aliphatic rings.